The molecule has 1 aliphatic heterocycles. The summed E-state index contributed by atoms with van der Waals surface area (Å²) in [6.45, 7) is 4.75. The van der Waals surface area contributed by atoms with E-state index in [1.807, 2.05) is 0 Å². The quantitative estimate of drug-likeness (QED) is 0.797. The van der Waals surface area contributed by atoms with Crippen LogP contribution in [-0.2, 0) is 9.53 Å². The van der Waals surface area contributed by atoms with Gasteiger partial charge >= 0.3 is 5.97 Å². The summed E-state index contributed by atoms with van der Waals surface area (Å²) in [5, 5.41) is 8.88. The van der Waals surface area contributed by atoms with Crippen LogP contribution in [0.1, 0.15) is 51.9 Å². The number of carbonyl (C=O) groups is 1. The topological polar surface area (TPSA) is 49.8 Å². The number of aliphatic carboxylic acids is 1. The Hall–Kier alpha value is -0.610. The largest absolute Gasteiger partial charge is 0.481 e. The molecule has 3 atom stereocenters. The van der Waals surface area contributed by atoms with Crippen LogP contribution in [0.3, 0.4) is 0 Å². The molecule has 1 N–H and O–H groups in total. The van der Waals surface area contributed by atoms with Crippen molar-refractivity contribution in [2.24, 2.45) is 5.92 Å². The number of carboxylic acids is 1. The first kappa shape index (κ1) is 14.8. The Morgan fingerprint density at radius 1 is 1.32 bits per heavy atom. The highest BCUT2D eigenvalue weighted by Gasteiger charge is 2.29. The van der Waals surface area contributed by atoms with Crippen molar-refractivity contribution in [1.29, 1.82) is 0 Å². The fraction of sp³-hybridized carbons (Fsp3) is 0.933. The minimum atomic E-state index is -0.751. The van der Waals surface area contributed by atoms with Gasteiger partial charge in [0.1, 0.15) is 0 Å². The van der Waals surface area contributed by atoms with Crippen LogP contribution in [-0.4, -0.2) is 47.8 Å². The van der Waals surface area contributed by atoms with E-state index in [9.17, 15) is 4.79 Å². The number of morpholine rings is 1. The summed E-state index contributed by atoms with van der Waals surface area (Å²) >= 11 is 0. The molecule has 0 bridgehead atoms. The van der Waals surface area contributed by atoms with Crippen LogP contribution in [0.4, 0.5) is 0 Å². The van der Waals surface area contributed by atoms with Crippen LogP contribution in [0.2, 0.25) is 0 Å². The molecule has 1 saturated heterocycles. The van der Waals surface area contributed by atoms with Gasteiger partial charge in [0.25, 0.3) is 0 Å². The van der Waals surface area contributed by atoms with Gasteiger partial charge in [-0.25, -0.2) is 0 Å². The molecule has 19 heavy (non-hydrogen) atoms. The van der Waals surface area contributed by atoms with E-state index in [1.165, 1.54) is 38.5 Å². The van der Waals surface area contributed by atoms with Crippen molar-refractivity contribution in [2.75, 3.05) is 19.7 Å². The van der Waals surface area contributed by atoms with Gasteiger partial charge in [0.2, 0.25) is 0 Å². The van der Waals surface area contributed by atoms with Crippen molar-refractivity contribution in [3.05, 3.63) is 0 Å². The number of carboxylic acid groups (broad SMARTS) is 1. The van der Waals surface area contributed by atoms with Gasteiger partial charge < -0.3 is 9.84 Å². The smallest absolute Gasteiger partial charge is 0.306 e. The third kappa shape index (κ3) is 4.46. The van der Waals surface area contributed by atoms with Gasteiger partial charge in [-0.2, -0.15) is 0 Å². The highest BCUT2D eigenvalue weighted by atomic mass is 16.5. The second kappa shape index (κ2) is 7.25. The lowest BCUT2D eigenvalue weighted by Crippen LogP contribution is -2.48. The van der Waals surface area contributed by atoms with Gasteiger partial charge in [0.05, 0.1) is 19.1 Å². The molecule has 0 radical (unpaired) electrons. The van der Waals surface area contributed by atoms with Gasteiger partial charge in [-0.05, 0) is 25.2 Å². The van der Waals surface area contributed by atoms with Crippen molar-refractivity contribution in [3.63, 3.8) is 0 Å². The van der Waals surface area contributed by atoms with Crippen molar-refractivity contribution < 1.29 is 14.6 Å². The predicted octanol–water partition coefficient (Wildman–Crippen LogP) is 2.52. The molecule has 0 amide bonds. The fourth-order valence-electron chi connectivity index (χ4n) is 3.52. The number of nitrogens with zero attached hydrogens (tertiary/aromatic N) is 1. The van der Waals surface area contributed by atoms with Crippen LogP contribution in [0.25, 0.3) is 0 Å². The monoisotopic (exact) mass is 269 g/mol. The normalized spacial score (nSPS) is 33.8. The van der Waals surface area contributed by atoms with Crippen molar-refractivity contribution in [1.82, 2.24) is 4.90 Å². The lowest BCUT2D eigenvalue weighted by atomic mass is 9.97. The van der Waals surface area contributed by atoms with Crippen LogP contribution in [0, 0.1) is 5.92 Å². The van der Waals surface area contributed by atoms with Crippen LogP contribution >= 0.6 is 0 Å². The molecule has 3 unspecified atom stereocenters. The Morgan fingerprint density at radius 3 is 2.89 bits per heavy atom. The molecule has 0 aromatic rings. The number of hydrogen-bond donors (Lipinski definition) is 1. The first-order chi connectivity index (χ1) is 9.19. The lowest BCUT2D eigenvalue weighted by molar-refractivity contribution is -0.142. The summed E-state index contributed by atoms with van der Waals surface area (Å²) in [6.07, 6.45) is 7.91. The van der Waals surface area contributed by atoms with E-state index < -0.39 is 5.97 Å². The highest BCUT2D eigenvalue weighted by molar-refractivity contribution is 5.67. The molecule has 0 spiro atoms. The van der Waals surface area contributed by atoms with Crippen LogP contribution in [0.5, 0.6) is 0 Å². The zero-order chi connectivity index (χ0) is 13.7. The standard InChI is InChI=1S/C15H27NO3/c1-2-12-4-3-5-13(7-6-12)16-8-9-19-14(11-16)10-15(17)18/h12-14H,2-11H2,1H3,(H,17,18). The van der Waals surface area contributed by atoms with Gasteiger partial charge in [-0.15, -0.1) is 0 Å². The second-order valence-corrected chi connectivity index (χ2v) is 6.02. The Morgan fingerprint density at radius 2 is 2.16 bits per heavy atom. The maximum absolute atomic E-state index is 10.8. The maximum atomic E-state index is 10.8. The third-order valence-electron chi connectivity index (χ3n) is 4.72. The van der Waals surface area contributed by atoms with E-state index >= 15 is 0 Å². The summed E-state index contributed by atoms with van der Waals surface area (Å²) in [5.41, 5.74) is 0. The van der Waals surface area contributed by atoms with Crippen LogP contribution in [0.15, 0.2) is 0 Å². The summed E-state index contributed by atoms with van der Waals surface area (Å²) in [5.74, 6) is 0.152. The van der Waals surface area contributed by atoms with Crippen LogP contribution < -0.4 is 0 Å². The van der Waals surface area contributed by atoms with E-state index in [0.29, 0.717) is 12.6 Å². The van der Waals surface area contributed by atoms with E-state index in [1.54, 1.807) is 0 Å². The molecule has 2 rings (SSSR count). The lowest BCUT2D eigenvalue weighted by Gasteiger charge is -2.37. The maximum Gasteiger partial charge on any atom is 0.306 e. The van der Waals surface area contributed by atoms with E-state index in [4.69, 9.17) is 9.84 Å². The molecule has 0 aromatic carbocycles. The van der Waals surface area contributed by atoms with Gasteiger partial charge in [-0.1, -0.05) is 26.2 Å². The first-order valence-corrected chi connectivity index (χ1v) is 7.76. The summed E-state index contributed by atoms with van der Waals surface area (Å²) in [7, 11) is 0. The van der Waals surface area contributed by atoms with E-state index in [0.717, 1.165) is 19.0 Å². The Kier molecular flexibility index (Phi) is 5.64. The molecule has 4 nitrogen and oxygen atoms in total. The number of rotatable bonds is 4. The second-order valence-electron chi connectivity index (χ2n) is 6.02. The first-order valence-electron chi connectivity index (χ1n) is 7.76. The summed E-state index contributed by atoms with van der Waals surface area (Å²) in [6, 6.07) is 0.650. The molecule has 1 heterocycles. The van der Waals surface area contributed by atoms with E-state index in [2.05, 4.69) is 11.8 Å². The zero-order valence-corrected chi connectivity index (χ0v) is 12.0. The molecule has 1 aliphatic carbocycles. The SMILES string of the molecule is CCC1CCCC(N2CCOC(CC(=O)O)C2)CC1. The zero-order valence-electron chi connectivity index (χ0n) is 12.0. The van der Waals surface area contributed by atoms with Crippen molar-refractivity contribution in [3.8, 4) is 0 Å². The van der Waals surface area contributed by atoms with Gasteiger partial charge in [0, 0.05) is 19.1 Å². The minimum Gasteiger partial charge on any atom is -0.481 e. The molecule has 2 aliphatic rings. The summed E-state index contributed by atoms with van der Waals surface area (Å²) in [4.78, 5) is 13.3. The van der Waals surface area contributed by atoms with Crippen molar-refractivity contribution in [2.45, 2.75) is 64.0 Å². The molecular weight excluding hydrogens is 242 g/mol. The Labute approximate surface area is 116 Å². The van der Waals surface area contributed by atoms with Gasteiger partial charge in [0.15, 0.2) is 0 Å². The molecular formula is C15H27NO3. The van der Waals surface area contributed by atoms with Gasteiger partial charge in [-0.3, -0.25) is 9.69 Å². The fourth-order valence-corrected chi connectivity index (χ4v) is 3.52. The Balaban J connectivity index is 1.84. The molecule has 110 valence electrons. The summed E-state index contributed by atoms with van der Waals surface area (Å²) < 4.78 is 5.56. The van der Waals surface area contributed by atoms with E-state index in [-0.39, 0.29) is 12.5 Å². The van der Waals surface area contributed by atoms with Crippen molar-refractivity contribution >= 4 is 5.97 Å². The average Bonchev–Trinajstić information content (AvgIpc) is 2.63. The average molecular weight is 269 g/mol. The molecule has 2 fully saturated rings. The number of hydrogen-bond acceptors (Lipinski definition) is 3. The highest BCUT2D eigenvalue weighted by Crippen LogP contribution is 2.29. The Bertz CT molecular complexity index is 295. The molecule has 1 saturated carbocycles. The third-order valence-corrected chi connectivity index (χ3v) is 4.72. The molecule has 4 heteroatoms. The minimum absolute atomic E-state index is 0.114. The predicted molar refractivity (Wildman–Crippen MR) is 74.2 cm³/mol. The molecule has 0 aromatic heterocycles. The number of ether oxygens (including phenoxy) is 1.